The lowest BCUT2D eigenvalue weighted by atomic mass is 10.4. The van der Waals surface area contributed by atoms with Gasteiger partial charge in [0, 0.05) is 24.1 Å². The number of sulfonamides is 1. The summed E-state index contributed by atoms with van der Waals surface area (Å²) in [4.78, 5) is 0. The number of nitrogens with zero attached hydrogens (tertiary/aromatic N) is 2. The zero-order valence-corrected chi connectivity index (χ0v) is 9.07. The molecule has 0 aromatic rings. The van der Waals surface area contributed by atoms with Crippen LogP contribution in [0, 0.1) is 11.3 Å². The Morgan fingerprint density at radius 1 is 1.69 bits per heavy atom. The molecule has 0 saturated carbocycles. The van der Waals surface area contributed by atoms with Crippen molar-refractivity contribution in [3.8, 4) is 6.07 Å². The van der Waals surface area contributed by atoms with Gasteiger partial charge in [0.25, 0.3) is 0 Å². The second-order valence-electron chi connectivity index (χ2n) is 2.95. The molecule has 0 radical (unpaired) electrons. The quantitative estimate of drug-likeness (QED) is 0.670. The first-order chi connectivity index (χ1) is 6.08. The van der Waals surface area contributed by atoms with Gasteiger partial charge in [-0.15, -0.1) is 0 Å². The first-order valence-electron chi connectivity index (χ1n) is 4.02. The van der Waals surface area contributed by atoms with E-state index in [9.17, 15) is 8.42 Å². The number of rotatable bonds is 2. The first-order valence-corrected chi connectivity index (χ1v) is 6.78. The van der Waals surface area contributed by atoms with E-state index in [1.165, 1.54) is 4.31 Å². The Morgan fingerprint density at radius 3 is 2.92 bits per heavy atom. The topological polar surface area (TPSA) is 61.2 Å². The number of hydrogen-bond donors (Lipinski definition) is 0. The highest BCUT2D eigenvalue weighted by Crippen LogP contribution is 2.19. The lowest BCUT2D eigenvalue weighted by Gasteiger charge is -2.31. The monoisotopic (exact) mass is 220 g/mol. The molecule has 0 aromatic heterocycles. The highest BCUT2D eigenvalue weighted by atomic mass is 32.2. The molecule has 1 rings (SSSR count). The van der Waals surface area contributed by atoms with Crippen molar-refractivity contribution in [1.29, 1.82) is 5.26 Å². The van der Waals surface area contributed by atoms with Gasteiger partial charge in [0.15, 0.2) is 5.75 Å². The fourth-order valence-corrected chi connectivity index (χ4v) is 3.83. The fourth-order valence-electron chi connectivity index (χ4n) is 1.29. The fraction of sp³-hybridized carbons (Fsp3) is 0.857. The van der Waals surface area contributed by atoms with Crippen LogP contribution in [0.15, 0.2) is 0 Å². The standard InChI is InChI=1S/C7H12N2O2S2/c1-7-6-12-4-3-9(7)13(10,11)5-2-8/h7H,3-6H2,1H3. The largest absolute Gasteiger partial charge is 0.227 e. The molecule has 1 aliphatic rings. The maximum absolute atomic E-state index is 11.5. The van der Waals surface area contributed by atoms with E-state index < -0.39 is 15.8 Å². The Morgan fingerprint density at radius 2 is 2.38 bits per heavy atom. The molecule has 6 heteroatoms. The normalized spacial score (nSPS) is 25.4. The van der Waals surface area contributed by atoms with Gasteiger partial charge < -0.3 is 0 Å². The van der Waals surface area contributed by atoms with Crippen LogP contribution in [0.3, 0.4) is 0 Å². The van der Waals surface area contributed by atoms with E-state index in [4.69, 9.17) is 5.26 Å². The van der Waals surface area contributed by atoms with Crippen LogP contribution in [0.4, 0.5) is 0 Å². The van der Waals surface area contributed by atoms with Crippen molar-refractivity contribution in [3.05, 3.63) is 0 Å². The highest BCUT2D eigenvalue weighted by molar-refractivity contribution is 7.99. The third kappa shape index (κ3) is 2.59. The van der Waals surface area contributed by atoms with E-state index in [1.807, 2.05) is 6.92 Å². The van der Waals surface area contributed by atoms with Crippen LogP contribution < -0.4 is 0 Å². The van der Waals surface area contributed by atoms with Crippen molar-refractivity contribution >= 4 is 21.8 Å². The van der Waals surface area contributed by atoms with Gasteiger partial charge in [-0.1, -0.05) is 0 Å². The summed E-state index contributed by atoms with van der Waals surface area (Å²) in [6.45, 7) is 2.41. The SMILES string of the molecule is CC1CSCCN1S(=O)(=O)CC#N. The highest BCUT2D eigenvalue weighted by Gasteiger charge is 2.29. The molecule has 1 heterocycles. The summed E-state index contributed by atoms with van der Waals surface area (Å²) in [5, 5.41) is 8.36. The van der Waals surface area contributed by atoms with Gasteiger partial charge in [-0.05, 0) is 6.92 Å². The molecule has 0 N–H and O–H groups in total. The third-order valence-corrected chi connectivity index (χ3v) is 4.85. The molecular formula is C7H12N2O2S2. The van der Waals surface area contributed by atoms with E-state index in [-0.39, 0.29) is 6.04 Å². The Labute approximate surface area is 83.0 Å². The predicted octanol–water partition coefficient (Wildman–Crippen LogP) is 0.277. The molecular weight excluding hydrogens is 208 g/mol. The molecule has 1 aliphatic heterocycles. The van der Waals surface area contributed by atoms with Crippen molar-refractivity contribution in [2.75, 3.05) is 23.8 Å². The molecule has 4 nitrogen and oxygen atoms in total. The van der Waals surface area contributed by atoms with Crippen LogP contribution in [-0.2, 0) is 10.0 Å². The van der Waals surface area contributed by atoms with Crippen molar-refractivity contribution in [2.45, 2.75) is 13.0 Å². The van der Waals surface area contributed by atoms with Crippen LogP contribution in [0.5, 0.6) is 0 Å². The minimum absolute atomic E-state index is 0.0251. The molecule has 13 heavy (non-hydrogen) atoms. The summed E-state index contributed by atoms with van der Waals surface area (Å²) >= 11 is 1.75. The van der Waals surface area contributed by atoms with Crippen molar-refractivity contribution in [2.24, 2.45) is 0 Å². The summed E-state index contributed by atoms with van der Waals surface area (Å²) in [7, 11) is -3.32. The zero-order chi connectivity index (χ0) is 9.90. The smallest absolute Gasteiger partial charge is 0.211 e. The second kappa shape index (κ2) is 4.31. The van der Waals surface area contributed by atoms with E-state index in [0.717, 1.165) is 11.5 Å². The van der Waals surface area contributed by atoms with Crippen LogP contribution in [0.2, 0.25) is 0 Å². The second-order valence-corrected chi connectivity index (χ2v) is 6.02. The Balaban J connectivity index is 2.75. The van der Waals surface area contributed by atoms with Crippen LogP contribution in [0.25, 0.3) is 0 Å². The van der Waals surface area contributed by atoms with Gasteiger partial charge in [0.2, 0.25) is 10.0 Å². The van der Waals surface area contributed by atoms with E-state index in [2.05, 4.69) is 0 Å². The van der Waals surface area contributed by atoms with Gasteiger partial charge in [0.1, 0.15) is 0 Å². The minimum Gasteiger partial charge on any atom is -0.211 e. The summed E-state index contributed by atoms with van der Waals surface area (Å²) in [6, 6.07) is 1.71. The maximum atomic E-state index is 11.5. The van der Waals surface area contributed by atoms with Crippen molar-refractivity contribution in [1.82, 2.24) is 4.31 Å². The third-order valence-electron chi connectivity index (χ3n) is 1.91. The molecule has 0 spiro atoms. The van der Waals surface area contributed by atoms with Gasteiger partial charge in [-0.2, -0.15) is 21.3 Å². The van der Waals surface area contributed by atoms with Crippen molar-refractivity contribution in [3.63, 3.8) is 0 Å². The molecule has 0 aliphatic carbocycles. The number of hydrogen-bond acceptors (Lipinski definition) is 4. The molecule has 0 amide bonds. The summed E-state index contributed by atoms with van der Waals surface area (Å²) in [6.07, 6.45) is 0. The van der Waals surface area contributed by atoms with Gasteiger partial charge in [-0.25, -0.2) is 8.42 Å². The summed E-state index contributed by atoms with van der Waals surface area (Å²) in [5.41, 5.74) is 0. The minimum atomic E-state index is -3.32. The molecule has 1 fully saturated rings. The molecule has 0 bridgehead atoms. The Bertz CT molecular complexity index is 307. The summed E-state index contributed by atoms with van der Waals surface area (Å²) < 4.78 is 24.4. The molecule has 1 unspecified atom stereocenters. The van der Waals surface area contributed by atoms with Crippen molar-refractivity contribution < 1.29 is 8.42 Å². The average molecular weight is 220 g/mol. The number of nitriles is 1. The maximum Gasteiger partial charge on any atom is 0.227 e. The van der Waals surface area contributed by atoms with Crippen LogP contribution in [0.1, 0.15) is 6.92 Å². The zero-order valence-electron chi connectivity index (χ0n) is 7.43. The average Bonchev–Trinajstić information content (AvgIpc) is 2.04. The van der Waals surface area contributed by atoms with Crippen LogP contribution >= 0.6 is 11.8 Å². The molecule has 74 valence electrons. The van der Waals surface area contributed by atoms with Gasteiger partial charge in [0.05, 0.1) is 6.07 Å². The molecule has 1 atom stereocenters. The molecule has 0 aromatic carbocycles. The van der Waals surface area contributed by atoms with E-state index >= 15 is 0 Å². The Hall–Kier alpha value is -0.250. The lowest BCUT2D eigenvalue weighted by molar-refractivity contribution is 0.369. The summed E-state index contributed by atoms with van der Waals surface area (Å²) in [5.74, 6) is 1.25. The Kier molecular flexibility index (Phi) is 3.59. The first kappa shape index (κ1) is 10.8. The van der Waals surface area contributed by atoms with Gasteiger partial charge >= 0.3 is 0 Å². The number of thioether (sulfide) groups is 1. The van der Waals surface area contributed by atoms with Crippen LogP contribution in [-0.4, -0.2) is 42.6 Å². The van der Waals surface area contributed by atoms with E-state index in [1.54, 1.807) is 17.8 Å². The lowest BCUT2D eigenvalue weighted by Crippen LogP contribution is -2.45. The molecule has 1 saturated heterocycles. The van der Waals surface area contributed by atoms with Gasteiger partial charge in [-0.3, -0.25) is 0 Å². The van der Waals surface area contributed by atoms with E-state index in [0.29, 0.717) is 6.54 Å². The predicted molar refractivity (Wildman–Crippen MR) is 52.9 cm³/mol.